The van der Waals surface area contributed by atoms with Gasteiger partial charge in [0.25, 0.3) is 11.8 Å². The maximum Gasteiger partial charge on any atom is 0.270 e. The molecule has 0 spiro atoms. The maximum atomic E-state index is 14.2. The third-order valence-corrected chi connectivity index (χ3v) is 10.2. The molecule has 0 radical (unpaired) electrons. The summed E-state index contributed by atoms with van der Waals surface area (Å²) in [6, 6.07) is 21.4. The number of primary amides is 1. The van der Waals surface area contributed by atoms with Gasteiger partial charge in [-0.15, -0.1) is 0 Å². The number of Topliss-reactive ketones (excluding diaryl/α,β-unsaturated/α-hetero) is 1. The molecule has 4 aromatic rings. The molecule has 2 aliphatic rings. The number of H-pyrrole nitrogens is 1. The van der Waals surface area contributed by atoms with Crippen molar-refractivity contribution < 1.29 is 32.8 Å². The topological polar surface area (TPSA) is 158 Å². The number of nitrogens with zero attached hydrogens (tertiary/aromatic N) is 2. The van der Waals surface area contributed by atoms with Crippen LogP contribution in [0.15, 0.2) is 84.9 Å². The monoisotopic (exact) mass is 726 g/mol. The second-order valence-electron chi connectivity index (χ2n) is 14.2. The standard InChI is InChI=1S/C40H44F2N6O5/c1-40(41,42)27-13-15-30-26(19-27)20-32(44-30)37(51)46-33-23-47(2)22-28-14-17-34(48(28)39(33)53)38(52)45-31(16-18-36(43)50)35(49)21-29(24-9-5-3-6-10-24)25-11-7-4-8-12-25/h3-13,15,19-20,28-29,31,33-34,44H,14,16-18,21-23H2,1-2H3,(H2,43,50)(H,45,52)(H,46,51)/t28-,31+,33+,34+/m1/s1. The summed E-state index contributed by atoms with van der Waals surface area (Å²) in [5.41, 5.74) is 7.73. The van der Waals surface area contributed by atoms with Crippen molar-refractivity contribution in [2.24, 2.45) is 5.73 Å². The number of fused-ring (bicyclic) bond motifs is 2. The van der Waals surface area contributed by atoms with E-state index in [4.69, 9.17) is 5.73 Å². The van der Waals surface area contributed by atoms with Crippen LogP contribution in [0.25, 0.3) is 10.9 Å². The van der Waals surface area contributed by atoms with Gasteiger partial charge < -0.3 is 31.2 Å². The summed E-state index contributed by atoms with van der Waals surface area (Å²) in [5.74, 6) is -5.79. The van der Waals surface area contributed by atoms with Gasteiger partial charge in [-0.05, 0) is 55.6 Å². The lowest BCUT2D eigenvalue weighted by Gasteiger charge is -2.31. The highest BCUT2D eigenvalue weighted by atomic mass is 19.3. The second-order valence-corrected chi connectivity index (χ2v) is 14.2. The molecule has 11 nitrogen and oxygen atoms in total. The van der Waals surface area contributed by atoms with Gasteiger partial charge >= 0.3 is 0 Å². The number of carbonyl (C=O) groups is 5. The van der Waals surface area contributed by atoms with Crippen LogP contribution in [-0.2, 0) is 25.1 Å². The normalized spacial score (nSPS) is 19.8. The molecule has 6 rings (SSSR count). The molecule has 2 saturated heterocycles. The molecule has 2 aliphatic heterocycles. The van der Waals surface area contributed by atoms with Crippen molar-refractivity contribution >= 4 is 40.3 Å². The van der Waals surface area contributed by atoms with Crippen LogP contribution in [0.2, 0.25) is 0 Å². The van der Waals surface area contributed by atoms with Gasteiger partial charge in [-0.3, -0.25) is 24.0 Å². The average molecular weight is 727 g/mol. The summed E-state index contributed by atoms with van der Waals surface area (Å²) in [4.78, 5) is 73.9. The number of amides is 4. The number of rotatable bonds is 13. The van der Waals surface area contributed by atoms with Crippen LogP contribution in [0.3, 0.4) is 0 Å². The number of aromatic amines is 1. The molecule has 0 bridgehead atoms. The molecule has 5 N–H and O–H groups in total. The van der Waals surface area contributed by atoms with E-state index in [0.717, 1.165) is 18.1 Å². The van der Waals surface area contributed by atoms with Crippen LogP contribution in [0.1, 0.15) is 72.1 Å². The minimum Gasteiger partial charge on any atom is -0.370 e. The zero-order chi connectivity index (χ0) is 37.9. The van der Waals surface area contributed by atoms with Gasteiger partial charge in [0.2, 0.25) is 17.7 Å². The summed E-state index contributed by atoms with van der Waals surface area (Å²) < 4.78 is 27.9. The fourth-order valence-electron chi connectivity index (χ4n) is 7.54. The van der Waals surface area contributed by atoms with E-state index in [2.05, 4.69) is 15.6 Å². The lowest BCUT2D eigenvalue weighted by atomic mass is 9.85. The first kappa shape index (κ1) is 37.3. The van der Waals surface area contributed by atoms with Crippen molar-refractivity contribution in [3.8, 4) is 0 Å². The van der Waals surface area contributed by atoms with Gasteiger partial charge in [-0.1, -0.05) is 66.7 Å². The molecule has 0 saturated carbocycles. The molecule has 3 aromatic carbocycles. The Morgan fingerprint density at radius 1 is 0.943 bits per heavy atom. The molecule has 2 fully saturated rings. The highest BCUT2D eigenvalue weighted by Crippen LogP contribution is 2.32. The van der Waals surface area contributed by atoms with Gasteiger partial charge in [-0.2, -0.15) is 0 Å². The van der Waals surface area contributed by atoms with Crippen molar-refractivity contribution in [2.75, 3.05) is 20.1 Å². The molecular weight excluding hydrogens is 682 g/mol. The average Bonchev–Trinajstić information content (AvgIpc) is 3.73. The van der Waals surface area contributed by atoms with Gasteiger partial charge in [-0.25, -0.2) is 8.78 Å². The van der Waals surface area contributed by atoms with Gasteiger partial charge in [0, 0.05) is 61.3 Å². The Labute approximate surface area is 306 Å². The second kappa shape index (κ2) is 15.7. The number of likely N-dealkylation sites (N-methyl/N-ethyl adjacent to an activating group) is 1. The van der Waals surface area contributed by atoms with E-state index in [0.29, 0.717) is 30.3 Å². The number of benzene rings is 3. The van der Waals surface area contributed by atoms with E-state index in [9.17, 15) is 32.8 Å². The summed E-state index contributed by atoms with van der Waals surface area (Å²) in [6.07, 6.45) is 0.816. The Morgan fingerprint density at radius 3 is 2.23 bits per heavy atom. The molecule has 0 aliphatic carbocycles. The van der Waals surface area contributed by atoms with Crippen LogP contribution < -0.4 is 16.4 Å². The zero-order valence-electron chi connectivity index (χ0n) is 29.7. The first-order valence-corrected chi connectivity index (χ1v) is 17.8. The van der Waals surface area contributed by atoms with Crippen LogP contribution in [0.5, 0.6) is 0 Å². The number of hydrogen-bond donors (Lipinski definition) is 4. The molecule has 3 heterocycles. The van der Waals surface area contributed by atoms with E-state index < -0.39 is 47.7 Å². The predicted octanol–water partition coefficient (Wildman–Crippen LogP) is 4.22. The lowest BCUT2D eigenvalue weighted by Crippen LogP contribution is -2.57. The highest BCUT2D eigenvalue weighted by Gasteiger charge is 2.46. The first-order chi connectivity index (χ1) is 25.3. The molecule has 53 heavy (non-hydrogen) atoms. The number of alkyl halides is 2. The number of nitrogens with two attached hydrogens (primary N) is 1. The Kier molecular flexibility index (Phi) is 11.0. The van der Waals surface area contributed by atoms with Crippen LogP contribution in [0, 0.1) is 0 Å². The van der Waals surface area contributed by atoms with Crippen molar-refractivity contribution in [3.63, 3.8) is 0 Å². The molecule has 4 atom stereocenters. The quantitative estimate of drug-likeness (QED) is 0.162. The summed E-state index contributed by atoms with van der Waals surface area (Å²) in [5, 5.41) is 6.08. The van der Waals surface area contributed by atoms with Crippen molar-refractivity contribution in [3.05, 3.63) is 107 Å². The number of aromatic nitrogens is 1. The van der Waals surface area contributed by atoms with Crippen molar-refractivity contribution in [1.82, 2.24) is 25.4 Å². The number of halogens is 2. The fraction of sp³-hybridized carbons (Fsp3) is 0.375. The van der Waals surface area contributed by atoms with E-state index in [1.165, 1.54) is 29.2 Å². The van der Waals surface area contributed by atoms with Gasteiger partial charge in [0.05, 0.1) is 6.04 Å². The predicted molar refractivity (Wildman–Crippen MR) is 195 cm³/mol. The minimum absolute atomic E-state index is 0.00358. The minimum atomic E-state index is -3.05. The Morgan fingerprint density at radius 2 is 1.60 bits per heavy atom. The van der Waals surface area contributed by atoms with Crippen molar-refractivity contribution in [2.45, 2.75) is 75.0 Å². The van der Waals surface area contributed by atoms with Crippen LogP contribution >= 0.6 is 0 Å². The SMILES string of the molecule is CN1C[C@H]2CC[C@@H](C(=O)N[C@@H](CCC(N)=O)C(=O)CC(c3ccccc3)c3ccccc3)N2C(=O)[C@@H](NC(=O)c2cc3cc(C(C)(F)F)ccc3[nH]2)C1. The number of carbonyl (C=O) groups excluding carboxylic acids is 5. The van der Waals surface area contributed by atoms with Crippen LogP contribution in [0.4, 0.5) is 8.78 Å². The molecule has 278 valence electrons. The Balaban J connectivity index is 1.19. The number of ketones is 1. The zero-order valence-corrected chi connectivity index (χ0v) is 29.7. The maximum absolute atomic E-state index is 14.2. The molecular formula is C40H44F2N6O5. The third kappa shape index (κ3) is 8.62. The smallest absolute Gasteiger partial charge is 0.270 e. The lowest BCUT2D eigenvalue weighted by molar-refractivity contribution is -0.141. The summed E-state index contributed by atoms with van der Waals surface area (Å²) >= 11 is 0. The van der Waals surface area contributed by atoms with E-state index >= 15 is 0 Å². The first-order valence-electron chi connectivity index (χ1n) is 17.8. The van der Waals surface area contributed by atoms with E-state index in [1.54, 1.807) is 0 Å². The molecule has 4 amide bonds. The Hall–Kier alpha value is -5.43. The third-order valence-electron chi connectivity index (χ3n) is 10.2. The van der Waals surface area contributed by atoms with Crippen LogP contribution in [-0.4, -0.2) is 88.5 Å². The number of hydrogen-bond acceptors (Lipinski definition) is 6. The molecule has 13 heteroatoms. The summed E-state index contributed by atoms with van der Waals surface area (Å²) in [6.45, 7) is 1.44. The van der Waals surface area contributed by atoms with Gasteiger partial charge in [0.15, 0.2) is 5.78 Å². The number of nitrogens with one attached hydrogen (secondary N) is 3. The highest BCUT2D eigenvalue weighted by molar-refractivity contribution is 6.01. The van der Waals surface area contributed by atoms with E-state index in [-0.39, 0.29) is 54.8 Å². The Bertz CT molecular complexity index is 1940. The van der Waals surface area contributed by atoms with E-state index in [1.807, 2.05) is 72.6 Å². The van der Waals surface area contributed by atoms with Gasteiger partial charge in [0.1, 0.15) is 17.8 Å². The van der Waals surface area contributed by atoms with Crippen molar-refractivity contribution in [1.29, 1.82) is 0 Å². The molecule has 1 aromatic heterocycles. The largest absolute Gasteiger partial charge is 0.370 e. The fourth-order valence-corrected chi connectivity index (χ4v) is 7.54. The molecule has 0 unspecified atom stereocenters. The summed E-state index contributed by atoms with van der Waals surface area (Å²) in [7, 11) is 1.83.